The van der Waals surface area contributed by atoms with E-state index >= 15 is 0 Å². The number of carboxylic acid groups (broad SMARTS) is 1. The lowest BCUT2D eigenvalue weighted by molar-refractivity contribution is -0.155. The van der Waals surface area contributed by atoms with Gasteiger partial charge >= 0.3 is 5.97 Å². The molecule has 2 aromatic rings. The molecule has 0 bridgehead atoms. The Bertz CT molecular complexity index is 962. The molecule has 0 spiro atoms. The van der Waals surface area contributed by atoms with Crippen LogP contribution in [0.5, 0.6) is 0 Å². The number of aliphatic carboxylic acids is 1. The molecule has 1 N–H and O–H groups in total. The molecular formula is C28H35FN2O2. The van der Waals surface area contributed by atoms with Crippen LogP contribution in [0.1, 0.15) is 57.1 Å². The summed E-state index contributed by atoms with van der Waals surface area (Å²) >= 11 is 0. The first-order chi connectivity index (χ1) is 15.7. The lowest BCUT2D eigenvalue weighted by Crippen LogP contribution is -2.53. The summed E-state index contributed by atoms with van der Waals surface area (Å²) in [6, 6.07) is 19.5. The van der Waals surface area contributed by atoms with Crippen molar-refractivity contribution < 1.29 is 14.3 Å². The molecule has 1 aliphatic carbocycles. The maximum absolute atomic E-state index is 13.2. The topological polar surface area (TPSA) is 64.3 Å². The fourth-order valence-electron chi connectivity index (χ4n) is 5.14. The molecule has 1 saturated carbocycles. The smallest absolute Gasteiger partial charge is 0.309 e. The van der Waals surface area contributed by atoms with Crippen molar-refractivity contribution in [3.8, 4) is 6.07 Å². The number of rotatable bonds is 3. The fraction of sp³-hybridized carbons (Fsp3) is 0.500. The van der Waals surface area contributed by atoms with Gasteiger partial charge in [0.1, 0.15) is 5.82 Å². The predicted molar refractivity (Wildman–Crippen MR) is 128 cm³/mol. The van der Waals surface area contributed by atoms with E-state index in [4.69, 9.17) is 0 Å². The number of halogens is 1. The third-order valence-corrected chi connectivity index (χ3v) is 7.88. The van der Waals surface area contributed by atoms with E-state index in [0.29, 0.717) is 12.5 Å². The first kappa shape index (κ1) is 24.9. The molecule has 0 amide bonds. The molecule has 0 radical (unpaired) electrons. The van der Waals surface area contributed by atoms with Crippen LogP contribution in [0.2, 0.25) is 0 Å². The molecule has 5 heteroatoms. The van der Waals surface area contributed by atoms with Gasteiger partial charge < -0.3 is 10.0 Å². The molecule has 0 unspecified atom stereocenters. The van der Waals surface area contributed by atoms with Crippen molar-refractivity contribution in [2.24, 2.45) is 11.3 Å². The Morgan fingerprint density at radius 1 is 1.09 bits per heavy atom. The molecule has 2 aliphatic rings. The Balaban J connectivity index is 0.000000374. The summed E-state index contributed by atoms with van der Waals surface area (Å²) < 4.78 is 13.2. The van der Waals surface area contributed by atoms with Gasteiger partial charge in [0.2, 0.25) is 0 Å². The Morgan fingerprint density at radius 3 is 2.15 bits per heavy atom. The van der Waals surface area contributed by atoms with Crippen molar-refractivity contribution in [2.75, 3.05) is 13.1 Å². The summed E-state index contributed by atoms with van der Waals surface area (Å²) in [5.41, 5.74) is 1.06. The summed E-state index contributed by atoms with van der Waals surface area (Å²) in [5.74, 6) is -0.874. The molecule has 0 aromatic heterocycles. The lowest BCUT2D eigenvalue weighted by Gasteiger charge is -2.47. The minimum Gasteiger partial charge on any atom is -0.481 e. The third kappa shape index (κ3) is 5.62. The van der Waals surface area contributed by atoms with E-state index < -0.39 is 16.8 Å². The van der Waals surface area contributed by atoms with Crippen molar-refractivity contribution in [3.63, 3.8) is 0 Å². The molecule has 1 aliphatic heterocycles. The average Bonchev–Trinajstić information content (AvgIpc) is 2.82. The highest BCUT2D eigenvalue weighted by molar-refractivity contribution is 5.74. The summed E-state index contributed by atoms with van der Waals surface area (Å²) in [6.45, 7) is 7.56. The molecule has 2 aromatic carbocycles. The number of nitriles is 1. The van der Waals surface area contributed by atoms with E-state index in [1.54, 1.807) is 12.1 Å². The molecule has 4 nitrogen and oxygen atoms in total. The molecule has 33 heavy (non-hydrogen) atoms. The summed E-state index contributed by atoms with van der Waals surface area (Å²) in [7, 11) is 0. The number of carbonyl (C=O) groups is 1. The highest BCUT2D eigenvalue weighted by atomic mass is 19.1. The standard InChI is InChI=1S/C21H27FN2O2.C7H8/c1-15-13-24(12-11-20(15,2)19(25)26)18-7-9-21(14-23,10-8-18)16-3-5-17(22)6-4-16;1-7-5-3-2-4-6-7/h3-6,15,18H,7-13H2,1-2H3,(H,25,26);2-6H,1H3/t15-,18?,20-,21?;/m1./s1. The van der Waals surface area contributed by atoms with Crippen LogP contribution in [0, 0.1) is 35.4 Å². The number of benzene rings is 2. The Hall–Kier alpha value is -2.71. The van der Waals surface area contributed by atoms with E-state index in [1.165, 1.54) is 17.7 Å². The van der Waals surface area contributed by atoms with Crippen LogP contribution in [0.3, 0.4) is 0 Å². The zero-order chi connectivity index (χ0) is 24.1. The molecule has 176 valence electrons. The molecule has 4 rings (SSSR count). The summed E-state index contributed by atoms with van der Waals surface area (Å²) in [4.78, 5) is 14.0. The minimum atomic E-state index is -0.701. The van der Waals surface area contributed by atoms with Gasteiger partial charge in [-0.05, 0) is 76.1 Å². The van der Waals surface area contributed by atoms with E-state index in [1.807, 2.05) is 32.0 Å². The molecule has 2 atom stereocenters. The van der Waals surface area contributed by atoms with Crippen molar-refractivity contribution in [1.82, 2.24) is 4.90 Å². The summed E-state index contributed by atoms with van der Waals surface area (Å²) in [5, 5.41) is 19.3. The number of nitrogens with zero attached hydrogens (tertiary/aromatic N) is 2. The zero-order valence-corrected chi connectivity index (χ0v) is 19.9. The number of piperidine rings is 1. The van der Waals surface area contributed by atoms with Gasteiger partial charge in [-0.2, -0.15) is 5.26 Å². The minimum absolute atomic E-state index is 0.105. The van der Waals surface area contributed by atoms with E-state index in [2.05, 4.69) is 30.0 Å². The lowest BCUT2D eigenvalue weighted by atomic mass is 9.67. The van der Waals surface area contributed by atoms with Gasteiger partial charge in [-0.15, -0.1) is 0 Å². The molecule has 1 heterocycles. The van der Waals surface area contributed by atoms with Gasteiger partial charge in [-0.3, -0.25) is 4.79 Å². The number of carboxylic acids is 1. The number of aryl methyl sites for hydroxylation is 1. The quantitative estimate of drug-likeness (QED) is 0.627. The van der Waals surface area contributed by atoms with Crippen molar-refractivity contribution in [2.45, 2.75) is 64.3 Å². The average molecular weight is 451 g/mol. The maximum atomic E-state index is 13.2. The van der Waals surface area contributed by atoms with Gasteiger partial charge in [0.25, 0.3) is 0 Å². The maximum Gasteiger partial charge on any atom is 0.309 e. The number of hydrogen-bond acceptors (Lipinski definition) is 3. The highest BCUT2D eigenvalue weighted by Crippen LogP contribution is 2.43. The summed E-state index contributed by atoms with van der Waals surface area (Å²) in [6.07, 6.45) is 4.03. The van der Waals surface area contributed by atoms with Crippen LogP contribution in [-0.4, -0.2) is 35.1 Å². The SMILES string of the molecule is C[C@@H]1CN(C2CCC(C#N)(c3ccc(F)cc3)CC2)CC[C@@]1(C)C(=O)O.Cc1ccccc1. The van der Waals surface area contributed by atoms with Crippen LogP contribution >= 0.6 is 0 Å². The first-order valence-corrected chi connectivity index (χ1v) is 11.9. The second-order valence-electron chi connectivity index (χ2n) is 9.96. The number of hydrogen-bond donors (Lipinski definition) is 1. The van der Waals surface area contributed by atoms with Crippen LogP contribution in [0.15, 0.2) is 54.6 Å². The third-order valence-electron chi connectivity index (χ3n) is 7.88. The van der Waals surface area contributed by atoms with Crippen LogP contribution in [0.25, 0.3) is 0 Å². The van der Waals surface area contributed by atoms with Crippen molar-refractivity contribution in [1.29, 1.82) is 5.26 Å². The van der Waals surface area contributed by atoms with Crippen molar-refractivity contribution >= 4 is 5.97 Å². The van der Waals surface area contributed by atoms with Gasteiger partial charge in [-0.25, -0.2) is 4.39 Å². The van der Waals surface area contributed by atoms with Gasteiger partial charge in [-0.1, -0.05) is 55.0 Å². The van der Waals surface area contributed by atoms with E-state index in [-0.39, 0.29) is 11.7 Å². The normalized spacial score (nSPS) is 29.9. The van der Waals surface area contributed by atoms with E-state index in [9.17, 15) is 19.6 Å². The second-order valence-corrected chi connectivity index (χ2v) is 9.96. The molecule has 2 fully saturated rings. The predicted octanol–water partition coefficient (Wildman–Crippen LogP) is 5.96. The zero-order valence-electron chi connectivity index (χ0n) is 19.9. The van der Waals surface area contributed by atoms with E-state index in [0.717, 1.165) is 44.3 Å². The first-order valence-electron chi connectivity index (χ1n) is 11.9. The molecular weight excluding hydrogens is 415 g/mol. The Morgan fingerprint density at radius 2 is 1.70 bits per heavy atom. The largest absolute Gasteiger partial charge is 0.481 e. The van der Waals surface area contributed by atoms with Gasteiger partial charge in [0, 0.05) is 12.6 Å². The molecule has 1 saturated heterocycles. The fourth-order valence-corrected chi connectivity index (χ4v) is 5.14. The van der Waals surface area contributed by atoms with Gasteiger partial charge in [0.15, 0.2) is 0 Å². The van der Waals surface area contributed by atoms with Crippen LogP contribution < -0.4 is 0 Å². The second kappa shape index (κ2) is 10.5. The van der Waals surface area contributed by atoms with Crippen LogP contribution in [0.4, 0.5) is 4.39 Å². The van der Waals surface area contributed by atoms with Crippen LogP contribution in [-0.2, 0) is 10.2 Å². The Kier molecular flexibility index (Phi) is 7.92. The monoisotopic (exact) mass is 450 g/mol. The van der Waals surface area contributed by atoms with Crippen molar-refractivity contribution in [3.05, 3.63) is 71.5 Å². The number of likely N-dealkylation sites (tertiary alicyclic amines) is 1. The van der Waals surface area contributed by atoms with Gasteiger partial charge in [0.05, 0.1) is 16.9 Å². The Labute approximate surface area is 197 Å². The highest BCUT2D eigenvalue weighted by Gasteiger charge is 2.45.